The van der Waals surface area contributed by atoms with E-state index in [4.69, 9.17) is 28.6 Å². The van der Waals surface area contributed by atoms with E-state index >= 15 is 0 Å². The first-order valence-corrected chi connectivity index (χ1v) is 11.1. The van der Waals surface area contributed by atoms with E-state index in [0.717, 1.165) is 26.2 Å². The first-order valence-electron chi connectivity index (χ1n) is 9.04. The molecule has 1 aliphatic rings. The predicted molar refractivity (Wildman–Crippen MR) is 124 cm³/mol. The van der Waals surface area contributed by atoms with Gasteiger partial charge in [0.1, 0.15) is 9.82 Å². The Morgan fingerprint density at radius 2 is 2.03 bits per heavy atom. The number of nitrogens with one attached hydrogen (secondary N) is 1. The molecule has 2 aromatic heterocycles. The maximum absolute atomic E-state index is 12.8. The van der Waals surface area contributed by atoms with Crippen molar-refractivity contribution in [1.29, 1.82) is 0 Å². The summed E-state index contributed by atoms with van der Waals surface area (Å²) < 4.78 is 5.32. The summed E-state index contributed by atoms with van der Waals surface area (Å²) in [5, 5.41) is 4.77. The summed E-state index contributed by atoms with van der Waals surface area (Å²) in [4.78, 5) is 21.8. The third-order valence-corrected chi connectivity index (χ3v) is 6.78. The number of amides is 1. The molecule has 0 radical (unpaired) electrons. The zero-order valence-corrected chi connectivity index (χ0v) is 18.6. The Labute approximate surface area is 188 Å². The number of morpholine rings is 1. The van der Waals surface area contributed by atoms with E-state index in [1.54, 1.807) is 6.20 Å². The van der Waals surface area contributed by atoms with Crippen LogP contribution in [0.5, 0.6) is 0 Å². The number of nitrogens with zero attached hydrogens (tertiary/aromatic N) is 2. The van der Waals surface area contributed by atoms with Gasteiger partial charge in [-0.3, -0.25) is 4.79 Å². The summed E-state index contributed by atoms with van der Waals surface area (Å²) in [7, 11) is 0. The number of halogens is 1. The summed E-state index contributed by atoms with van der Waals surface area (Å²) in [6.07, 6.45) is 1.71. The molecule has 4 rings (SSSR count). The molecule has 3 heterocycles. The molecule has 1 N–H and O–H groups in total. The molecule has 1 aliphatic heterocycles. The molecule has 5 nitrogen and oxygen atoms in total. The van der Waals surface area contributed by atoms with Crippen molar-refractivity contribution in [2.75, 3.05) is 26.3 Å². The van der Waals surface area contributed by atoms with Gasteiger partial charge < -0.3 is 15.0 Å². The van der Waals surface area contributed by atoms with Crippen LogP contribution in [-0.4, -0.2) is 47.1 Å². The van der Waals surface area contributed by atoms with Gasteiger partial charge in [0.15, 0.2) is 0 Å². The maximum Gasteiger partial charge on any atom is 0.264 e. The van der Waals surface area contributed by atoms with Gasteiger partial charge in [-0.25, -0.2) is 4.98 Å². The normalized spacial score (nSPS) is 14.2. The Bertz CT molecular complexity index is 1060. The van der Waals surface area contributed by atoms with Gasteiger partial charge in [0.2, 0.25) is 0 Å². The number of thiocarbonyl (C=S) groups is 1. The molecule has 1 saturated heterocycles. The minimum Gasteiger partial charge on any atom is -0.378 e. The van der Waals surface area contributed by atoms with Crippen molar-refractivity contribution >= 4 is 68.9 Å². The fraction of sp³-hybridized carbons (Fsp3) is 0.250. The fourth-order valence-electron chi connectivity index (χ4n) is 3.05. The van der Waals surface area contributed by atoms with Gasteiger partial charge in [0.25, 0.3) is 5.91 Å². The summed E-state index contributed by atoms with van der Waals surface area (Å²) >= 11 is 17.5. The largest absolute Gasteiger partial charge is 0.378 e. The molecule has 1 aromatic carbocycles. The highest BCUT2D eigenvalue weighted by atomic mass is 35.5. The smallest absolute Gasteiger partial charge is 0.264 e. The number of thiol groups is 1. The van der Waals surface area contributed by atoms with Crippen molar-refractivity contribution in [3.8, 4) is 0 Å². The fourth-order valence-corrected chi connectivity index (χ4v) is 4.87. The van der Waals surface area contributed by atoms with Gasteiger partial charge in [-0.15, -0.1) is 24.0 Å². The average molecular weight is 464 g/mol. The molecule has 29 heavy (non-hydrogen) atoms. The zero-order valence-electron chi connectivity index (χ0n) is 15.4. The molecule has 1 fully saturated rings. The standard InChI is InChI=1S/C20H18ClN3O2S3/c21-13-3-1-12(2-4-13)10-22-18(28)15-11-23-19-14(17(15)27)9-16(29-19)20(25)24-5-7-26-8-6-24/h1-4,9,11H,5-8,10H2,(H,22,28)(H,23,27). The van der Waals surface area contributed by atoms with Crippen LogP contribution in [0.25, 0.3) is 10.2 Å². The first-order chi connectivity index (χ1) is 14.0. The van der Waals surface area contributed by atoms with Gasteiger partial charge in [0, 0.05) is 46.7 Å². The van der Waals surface area contributed by atoms with E-state index in [1.807, 2.05) is 35.2 Å². The van der Waals surface area contributed by atoms with Crippen LogP contribution < -0.4 is 5.32 Å². The Kier molecular flexibility index (Phi) is 6.36. The van der Waals surface area contributed by atoms with Crippen molar-refractivity contribution in [1.82, 2.24) is 15.2 Å². The number of ether oxygens (including phenoxy) is 1. The Hall–Kier alpha value is -1.71. The SMILES string of the molecule is O=C(c1cc2c(S)c(C(=S)NCc3ccc(Cl)cc3)cnc2s1)N1CCOCC1. The molecule has 0 spiro atoms. The van der Waals surface area contributed by atoms with Gasteiger partial charge >= 0.3 is 0 Å². The lowest BCUT2D eigenvalue weighted by Crippen LogP contribution is -2.40. The van der Waals surface area contributed by atoms with Gasteiger partial charge in [-0.1, -0.05) is 36.0 Å². The third-order valence-electron chi connectivity index (χ3n) is 4.65. The lowest BCUT2D eigenvalue weighted by Gasteiger charge is -2.26. The molecule has 0 bridgehead atoms. The van der Waals surface area contributed by atoms with Gasteiger partial charge in [-0.2, -0.15) is 0 Å². The van der Waals surface area contributed by atoms with Crippen LogP contribution in [0.15, 0.2) is 41.4 Å². The molecule has 3 aromatic rings. The maximum atomic E-state index is 12.8. The molecular formula is C20H18ClN3O2S3. The van der Waals surface area contributed by atoms with Crippen LogP contribution in [0.1, 0.15) is 20.8 Å². The second-order valence-electron chi connectivity index (χ2n) is 6.56. The molecule has 0 saturated carbocycles. The number of carbonyl (C=O) groups excluding carboxylic acids is 1. The molecule has 1 amide bonds. The highest BCUT2D eigenvalue weighted by Crippen LogP contribution is 2.32. The second-order valence-corrected chi connectivity index (χ2v) is 8.89. The minimum atomic E-state index is 0.00835. The number of hydrogen-bond donors (Lipinski definition) is 2. The van der Waals surface area contributed by atoms with Crippen LogP contribution >= 0.6 is 47.8 Å². The summed E-state index contributed by atoms with van der Waals surface area (Å²) in [6.45, 7) is 2.94. The predicted octanol–water partition coefficient (Wildman–Crippen LogP) is 4.18. The van der Waals surface area contributed by atoms with Crippen molar-refractivity contribution in [2.45, 2.75) is 11.4 Å². The molecular weight excluding hydrogens is 446 g/mol. The van der Waals surface area contributed by atoms with E-state index in [9.17, 15) is 4.79 Å². The number of carbonyl (C=O) groups is 1. The Balaban J connectivity index is 1.52. The van der Waals surface area contributed by atoms with E-state index < -0.39 is 0 Å². The monoisotopic (exact) mass is 463 g/mol. The van der Waals surface area contributed by atoms with E-state index in [2.05, 4.69) is 22.9 Å². The lowest BCUT2D eigenvalue weighted by molar-refractivity contribution is 0.0306. The van der Waals surface area contributed by atoms with Crippen molar-refractivity contribution in [3.63, 3.8) is 0 Å². The topological polar surface area (TPSA) is 54.5 Å². The Morgan fingerprint density at radius 3 is 2.76 bits per heavy atom. The summed E-state index contributed by atoms with van der Waals surface area (Å²) in [5.74, 6) is 0.00835. The lowest BCUT2D eigenvalue weighted by atomic mass is 10.2. The highest BCUT2D eigenvalue weighted by Gasteiger charge is 2.22. The summed E-state index contributed by atoms with van der Waals surface area (Å²) in [6, 6.07) is 9.44. The van der Waals surface area contributed by atoms with E-state index in [-0.39, 0.29) is 5.91 Å². The van der Waals surface area contributed by atoms with Crippen molar-refractivity contribution < 1.29 is 9.53 Å². The highest BCUT2D eigenvalue weighted by molar-refractivity contribution is 7.82. The Morgan fingerprint density at radius 1 is 1.31 bits per heavy atom. The number of rotatable bonds is 4. The third kappa shape index (κ3) is 4.57. The van der Waals surface area contributed by atoms with Crippen LogP contribution in [0.4, 0.5) is 0 Å². The van der Waals surface area contributed by atoms with E-state index in [0.29, 0.717) is 47.7 Å². The summed E-state index contributed by atoms with van der Waals surface area (Å²) in [5.41, 5.74) is 1.81. The van der Waals surface area contributed by atoms with Crippen molar-refractivity contribution in [2.24, 2.45) is 0 Å². The first kappa shape index (κ1) is 20.6. The zero-order chi connectivity index (χ0) is 20.4. The molecule has 9 heteroatoms. The van der Waals surface area contributed by atoms with Crippen LogP contribution in [0.2, 0.25) is 5.02 Å². The molecule has 150 valence electrons. The number of pyridine rings is 1. The molecule has 0 aliphatic carbocycles. The van der Waals surface area contributed by atoms with Crippen molar-refractivity contribution in [3.05, 3.63) is 57.6 Å². The number of hydrogen-bond acceptors (Lipinski definition) is 6. The minimum absolute atomic E-state index is 0.00835. The molecule has 0 unspecified atom stereocenters. The number of fused-ring (bicyclic) bond motifs is 1. The quantitative estimate of drug-likeness (QED) is 0.449. The van der Waals surface area contributed by atoms with Gasteiger partial charge in [0.05, 0.1) is 18.1 Å². The second kappa shape index (κ2) is 8.97. The van der Waals surface area contributed by atoms with E-state index in [1.165, 1.54) is 11.3 Å². The number of aromatic nitrogens is 1. The van der Waals surface area contributed by atoms with Crippen LogP contribution in [-0.2, 0) is 11.3 Å². The molecule has 0 atom stereocenters. The number of benzene rings is 1. The van der Waals surface area contributed by atoms with Gasteiger partial charge in [-0.05, 0) is 23.8 Å². The number of thiophene rings is 1. The van der Waals surface area contributed by atoms with Crippen LogP contribution in [0, 0.1) is 0 Å². The van der Waals surface area contributed by atoms with Crippen LogP contribution in [0.3, 0.4) is 0 Å². The average Bonchev–Trinajstić information content (AvgIpc) is 3.19.